The Balaban J connectivity index is 2.41. The Morgan fingerprint density at radius 3 is 2.52 bits per heavy atom. The molecule has 0 aromatic heterocycles. The molecule has 0 saturated carbocycles. The van der Waals surface area contributed by atoms with E-state index >= 15 is 0 Å². The monoisotopic (exact) mass is 310 g/mol. The van der Waals surface area contributed by atoms with Gasteiger partial charge in [0.2, 0.25) is 10.0 Å². The van der Waals surface area contributed by atoms with Gasteiger partial charge in [0.05, 0.1) is 10.5 Å². The zero-order valence-corrected chi connectivity index (χ0v) is 12.4. The molecule has 0 atom stereocenters. The molecule has 0 fully saturated rings. The van der Waals surface area contributed by atoms with Gasteiger partial charge in [-0.3, -0.25) is 4.79 Å². The number of nitriles is 1. The predicted molar refractivity (Wildman–Crippen MR) is 77.1 cm³/mol. The van der Waals surface area contributed by atoms with Crippen LogP contribution in [0, 0.1) is 11.3 Å². The van der Waals surface area contributed by atoms with Crippen LogP contribution in [0.1, 0.15) is 37.7 Å². The second-order valence-corrected chi connectivity index (χ2v) is 6.30. The van der Waals surface area contributed by atoms with Crippen LogP contribution >= 0.6 is 0 Å². The van der Waals surface area contributed by atoms with E-state index < -0.39 is 16.0 Å². The number of rotatable bonds is 9. The lowest BCUT2D eigenvalue weighted by atomic mass is 10.1. The van der Waals surface area contributed by atoms with E-state index in [1.807, 2.05) is 6.07 Å². The fourth-order valence-corrected chi connectivity index (χ4v) is 3.06. The summed E-state index contributed by atoms with van der Waals surface area (Å²) in [5, 5.41) is 17.4. The number of carboxylic acids is 1. The highest BCUT2D eigenvalue weighted by Gasteiger charge is 2.17. The van der Waals surface area contributed by atoms with Crippen LogP contribution in [0.4, 0.5) is 0 Å². The number of nitrogens with one attached hydrogen (secondary N) is 1. The Hall–Kier alpha value is -1.91. The molecule has 0 aliphatic rings. The largest absolute Gasteiger partial charge is 0.481 e. The van der Waals surface area contributed by atoms with Crippen molar-refractivity contribution in [3.63, 3.8) is 0 Å². The van der Waals surface area contributed by atoms with Crippen molar-refractivity contribution in [3.05, 3.63) is 29.8 Å². The van der Waals surface area contributed by atoms with Crippen LogP contribution < -0.4 is 4.72 Å². The number of carbonyl (C=O) groups is 1. The average molecular weight is 310 g/mol. The summed E-state index contributed by atoms with van der Waals surface area (Å²) in [6, 6.07) is 7.89. The summed E-state index contributed by atoms with van der Waals surface area (Å²) in [5.41, 5.74) is 0.117. The number of sulfonamides is 1. The summed E-state index contributed by atoms with van der Waals surface area (Å²) in [6.07, 6.45) is 2.88. The third kappa shape index (κ3) is 5.94. The lowest BCUT2D eigenvalue weighted by Gasteiger charge is -2.07. The highest BCUT2D eigenvalue weighted by atomic mass is 32.2. The summed E-state index contributed by atoms with van der Waals surface area (Å²) >= 11 is 0. The summed E-state index contributed by atoms with van der Waals surface area (Å²) in [4.78, 5) is 10.3. The van der Waals surface area contributed by atoms with Crippen molar-refractivity contribution < 1.29 is 18.3 Å². The van der Waals surface area contributed by atoms with E-state index in [0.29, 0.717) is 12.8 Å². The van der Waals surface area contributed by atoms with Gasteiger partial charge < -0.3 is 5.11 Å². The van der Waals surface area contributed by atoms with Gasteiger partial charge in [0.25, 0.3) is 0 Å². The average Bonchev–Trinajstić information content (AvgIpc) is 2.45. The van der Waals surface area contributed by atoms with Crippen molar-refractivity contribution in [1.29, 1.82) is 5.26 Å². The maximum Gasteiger partial charge on any atom is 0.303 e. The smallest absolute Gasteiger partial charge is 0.303 e. The second-order valence-electron chi connectivity index (χ2n) is 4.56. The molecule has 1 aromatic carbocycles. The van der Waals surface area contributed by atoms with Crippen LogP contribution in [0.3, 0.4) is 0 Å². The van der Waals surface area contributed by atoms with Gasteiger partial charge in [-0.2, -0.15) is 5.26 Å². The zero-order valence-electron chi connectivity index (χ0n) is 11.6. The predicted octanol–water partition coefficient (Wildman–Crippen LogP) is 1.87. The Morgan fingerprint density at radius 1 is 1.19 bits per heavy atom. The van der Waals surface area contributed by atoms with Gasteiger partial charge in [-0.25, -0.2) is 13.1 Å². The fraction of sp³-hybridized carbons (Fsp3) is 0.429. The molecule has 2 N–H and O–H groups in total. The third-order valence-electron chi connectivity index (χ3n) is 2.91. The minimum atomic E-state index is -3.68. The molecule has 0 unspecified atom stereocenters. The number of hydrogen-bond donors (Lipinski definition) is 2. The standard InChI is InChI=1S/C14H18N2O4S/c15-11-12-7-4-5-8-13(12)21(19,20)16-10-6-2-1-3-9-14(17)18/h4-5,7-8,16H,1-3,6,9-10H2,(H,17,18). The van der Waals surface area contributed by atoms with Crippen LogP contribution in [0.2, 0.25) is 0 Å². The molecule has 0 spiro atoms. The van der Waals surface area contributed by atoms with Crippen LogP contribution in [-0.4, -0.2) is 26.0 Å². The van der Waals surface area contributed by atoms with Crippen LogP contribution in [0.25, 0.3) is 0 Å². The summed E-state index contributed by atoms with van der Waals surface area (Å²) in [7, 11) is -3.68. The number of benzene rings is 1. The van der Waals surface area contributed by atoms with Crippen LogP contribution in [0.15, 0.2) is 29.2 Å². The lowest BCUT2D eigenvalue weighted by molar-refractivity contribution is -0.137. The molecule has 0 radical (unpaired) electrons. The van der Waals surface area contributed by atoms with Crippen molar-refractivity contribution in [2.24, 2.45) is 0 Å². The Kier molecular flexibility index (Phi) is 6.85. The van der Waals surface area contributed by atoms with Gasteiger partial charge in [-0.15, -0.1) is 0 Å². The van der Waals surface area contributed by atoms with Gasteiger partial charge >= 0.3 is 5.97 Å². The molecule has 0 aliphatic heterocycles. The van der Waals surface area contributed by atoms with Gasteiger partial charge in [0.15, 0.2) is 0 Å². The summed E-state index contributed by atoms with van der Waals surface area (Å²) < 4.78 is 26.6. The van der Waals surface area contributed by atoms with Crippen LogP contribution in [0.5, 0.6) is 0 Å². The highest BCUT2D eigenvalue weighted by Crippen LogP contribution is 2.14. The molecule has 21 heavy (non-hydrogen) atoms. The molecule has 0 aliphatic carbocycles. The van der Waals surface area contributed by atoms with Crippen molar-refractivity contribution in [1.82, 2.24) is 4.72 Å². The number of unbranched alkanes of at least 4 members (excludes halogenated alkanes) is 3. The third-order valence-corrected chi connectivity index (χ3v) is 4.43. The first kappa shape index (κ1) is 17.1. The quantitative estimate of drug-likeness (QED) is 0.677. The Labute approximate surface area is 124 Å². The molecule has 1 aromatic rings. The van der Waals surface area contributed by atoms with E-state index in [4.69, 9.17) is 10.4 Å². The van der Waals surface area contributed by atoms with Crippen molar-refractivity contribution >= 4 is 16.0 Å². The minimum absolute atomic E-state index is 0.0154. The summed E-state index contributed by atoms with van der Waals surface area (Å²) in [5.74, 6) is -0.816. The molecule has 6 nitrogen and oxygen atoms in total. The molecule has 0 amide bonds. The molecule has 0 saturated heterocycles. The number of carboxylic acid groups (broad SMARTS) is 1. The van der Waals surface area contributed by atoms with Crippen molar-refractivity contribution in [2.75, 3.05) is 6.54 Å². The van der Waals surface area contributed by atoms with E-state index in [0.717, 1.165) is 12.8 Å². The molecular formula is C14H18N2O4S. The van der Waals surface area contributed by atoms with Gasteiger partial charge in [0.1, 0.15) is 6.07 Å². The molecule has 0 heterocycles. The second kappa shape index (κ2) is 8.39. The Morgan fingerprint density at radius 2 is 1.86 bits per heavy atom. The maximum absolute atomic E-state index is 12.1. The molecule has 7 heteroatoms. The normalized spacial score (nSPS) is 11.0. The van der Waals surface area contributed by atoms with Gasteiger partial charge in [0, 0.05) is 13.0 Å². The van der Waals surface area contributed by atoms with Crippen molar-refractivity contribution in [2.45, 2.75) is 37.0 Å². The minimum Gasteiger partial charge on any atom is -0.481 e. The topological polar surface area (TPSA) is 107 Å². The van der Waals surface area contributed by atoms with E-state index in [9.17, 15) is 13.2 Å². The first-order chi connectivity index (χ1) is 9.97. The van der Waals surface area contributed by atoms with Gasteiger partial charge in [-0.05, 0) is 25.0 Å². The molecule has 114 valence electrons. The lowest BCUT2D eigenvalue weighted by Crippen LogP contribution is -2.25. The number of hydrogen-bond acceptors (Lipinski definition) is 4. The Bertz CT molecular complexity index is 620. The number of aliphatic carboxylic acids is 1. The molecular weight excluding hydrogens is 292 g/mol. The van der Waals surface area contributed by atoms with Crippen molar-refractivity contribution in [3.8, 4) is 6.07 Å². The van der Waals surface area contributed by atoms with E-state index in [1.54, 1.807) is 12.1 Å². The highest BCUT2D eigenvalue weighted by molar-refractivity contribution is 7.89. The number of nitrogens with zero attached hydrogens (tertiary/aromatic N) is 1. The van der Waals surface area contributed by atoms with Gasteiger partial charge in [-0.1, -0.05) is 25.0 Å². The fourth-order valence-electron chi connectivity index (χ4n) is 1.83. The van der Waals surface area contributed by atoms with Crippen LogP contribution in [-0.2, 0) is 14.8 Å². The molecule has 1 rings (SSSR count). The maximum atomic E-state index is 12.1. The van der Waals surface area contributed by atoms with E-state index in [2.05, 4.69) is 4.72 Å². The zero-order chi connectivity index (χ0) is 15.7. The SMILES string of the molecule is N#Cc1ccccc1S(=O)(=O)NCCCCCCC(=O)O. The van der Waals surface area contributed by atoms with E-state index in [-0.39, 0.29) is 23.4 Å². The first-order valence-electron chi connectivity index (χ1n) is 6.68. The van der Waals surface area contributed by atoms with E-state index in [1.165, 1.54) is 12.1 Å². The molecule has 0 bridgehead atoms. The summed E-state index contributed by atoms with van der Waals surface area (Å²) in [6.45, 7) is 0.273. The first-order valence-corrected chi connectivity index (χ1v) is 8.16.